The van der Waals surface area contributed by atoms with Crippen LogP contribution in [0.5, 0.6) is 0 Å². The van der Waals surface area contributed by atoms with Crippen molar-refractivity contribution in [3.8, 4) is 11.3 Å². The standard InChI is InChI=1S/C19H18ClN3O3.4C18H15P.C17H25BClNO4.C8H5ClN2O.Pd/c1-19(2,3)26-18(25)21-11-8-9-14(15(20)10-11)16-12-6-4-5-7-13(12)17(24)23-22-16;4*1-4-10-16(11-5-1)19(17-12-6-2-7-13-17)18-14-8-3-9-15-18;1-15(2,3)22-14(21)20-11-8-9-12(13(19)10-11)18-23-16(4,5)17(6,7)24-18;9-7-5-3-1-2-4-6(5)8(12)11-10-7;/h4-10H,1-3H3,(H,21,25)(H,23,24);4*1-15H;8-10H,1-7H3,(H,20,21);1-4H,(H,11,12);. The van der Waals surface area contributed by atoms with E-state index in [1.54, 1.807) is 108 Å². The van der Waals surface area contributed by atoms with E-state index in [0.29, 0.717) is 59.4 Å². The number of H-pyrrole nitrogens is 2. The number of amides is 2. The number of benzene rings is 16. The third kappa shape index (κ3) is 30.5. The molecule has 0 atom stereocenters. The molecule has 0 radical (unpaired) electrons. The summed E-state index contributed by atoms with van der Waals surface area (Å²) in [5.74, 6) is 0. The summed E-state index contributed by atoms with van der Waals surface area (Å²) in [6.07, 6.45) is -1.09. The summed E-state index contributed by atoms with van der Waals surface area (Å²) in [6.45, 7) is 18.7. The van der Waals surface area contributed by atoms with Crippen molar-refractivity contribution in [3.05, 3.63) is 485 Å². The summed E-state index contributed by atoms with van der Waals surface area (Å²) in [5, 5.41) is 38.3. The van der Waals surface area contributed by atoms with Crippen molar-refractivity contribution in [2.24, 2.45) is 0 Å². The van der Waals surface area contributed by atoms with Gasteiger partial charge < -0.3 is 18.8 Å². The number of rotatable bonds is 16. The number of fused-ring (bicyclic) bond motifs is 2. The maximum Gasteiger partial charge on any atom is 0.496 e. The Bertz CT molecular complexity index is 6150. The molecule has 0 aliphatic carbocycles. The Labute approximate surface area is 848 Å². The quantitative estimate of drug-likeness (QED) is 0.0536. The molecule has 19 rings (SSSR count). The molecule has 4 N–H and O–H groups in total. The molecule has 704 valence electrons. The van der Waals surface area contributed by atoms with Crippen molar-refractivity contribution in [2.45, 2.75) is 91.6 Å². The second-order valence-electron chi connectivity index (χ2n) is 34.5. The number of anilines is 2. The molecule has 2 amide bonds. The van der Waals surface area contributed by atoms with Gasteiger partial charge in [-0.3, -0.25) is 20.2 Å². The molecule has 1 saturated heterocycles. The van der Waals surface area contributed by atoms with Crippen LogP contribution in [0.4, 0.5) is 21.0 Å². The number of hydrogen-bond acceptors (Lipinski definition) is 10. The fraction of sp³-hybridized carbons (Fsp3) is 0.121. The minimum atomic E-state index is -0.591. The van der Waals surface area contributed by atoms with Crippen molar-refractivity contribution in [1.82, 2.24) is 20.4 Å². The van der Waals surface area contributed by atoms with Crippen molar-refractivity contribution in [2.75, 3.05) is 10.6 Å². The average molecular weight is 2060 g/mol. The van der Waals surface area contributed by atoms with Crippen molar-refractivity contribution in [1.29, 1.82) is 0 Å². The molecule has 139 heavy (non-hydrogen) atoms. The molecule has 0 unspecified atom stereocenters. The molecule has 1 aliphatic heterocycles. The van der Waals surface area contributed by atoms with Gasteiger partial charge in [-0.25, -0.2) is 19.8 Å². The Balaban J connectivity index is 0.000000146. The van der Waals surface area contributed by atoms with Gasteiger partial charge in [-0.15, -0.1) is 0 Å². The van der Waals surface area contributed by atoms with Crippen LogP contribution in [0.15, 0.2) is 459 Å². The molecule has 1 fully saturated rings. The zero-order valence-corrected chi connectivity index (χ0v) is 86.1. The van der Waals surface area contributed by atoms with Gasteiger partial charge in [-0.1, -0.05) is 441 Å². The molecule has 1 aliphatic rings. The minimum Gasteiger partial charge on any atom is -0.444 e. The van der Waals surface area contributed by atoms with E-state index in [-0.39, 0.29) is 31.5 Å². The SMILES string of the molecule is CC(C)(C)OC(=O)Nc1ccc(-c2n[nH]c(=O)c3ccccc23)c(Cl)c1.CC(C)(C)OC(=O)Nc1ccc(B2OC(C)(C)C(C)(C)O2)c(Cl)c1.O=c1[nH]nc(Cl)c2ccccc12.[Pd].c1ccc(P(c2ccccc2)c2ccccc2)cc1.c1ccc(P(c2ccccc2)c2ccccc2)cc1.c1ccc(P(c2ccccc2)c2ccccc2)cc1.c1ccc(P(c2ccccc2)c2ccccc2)cc1. The fourth-order valence-corrected chi connectivity index (χ4v) is 24.5. The summed E-state index contributed by atoms with van der Waals surface area (Å²) < 4.78 is 22.4. The van der Waals surface area contributed by atoms with Crippen LogP contribution in [0.3, 0.4) is 0 Å². The monoisotopic (exact) mass is 2060 g/mol. The van der Waals surface area contributed by atoms with E-state index in [4.69, 9.17) is 53.6 Å². The van der Waals surface area contributed by atoms with Gasteiger partial charge in [0.05, 0.1) is 27.0 Å². The zero-order valence-electron chi connectivity index (χ0n) is 78.7. The van der Waals surface area contributed by atoms with E-state index in [9.17, 15) is 19.2 Å². The first kappa shape index (κ1) is 105. The molecule has 18 aromatic rings. The van der Waals surface area contributed by atoms with Crippen LogP contribution < -0.4 is 90.9 Å². The predicted molar refractivity (Wildman–Crippen MR) is 588 cm³/mol. The summed E-state index contributed by atoms with van der Waals surface area (Å²) in [7, 11) is -2.33. The fourth-order valence-electron chi connectivity index (χ4n) is 14.5. The molecular formula is C116H108BCl3N6O8P4Pd. The topological polar surface area (TPSA) is 187 Å². The van der Waals surface area contributed by atoms with Gasteiger partial charge >= 0.3 is 19.3 Å². The third-order valence-corrected chi connectivity index (χ3v) is 32.2. The number of aromatic nitrogens is 4. The number of ether oxygens (including phenoxy) is 2. The average Bonchev–Trinajstić information content (AvgIpc) is 1.23. The molecule has 16 aromatic carbocycles. The Kier molecular flexibility index (Phi) is 39.1. The molecule has 0 bridgehead atoms. The van der Waals surface area contributed by atoms with Gasteiger partial charge in [0, 0.05) is 58.6 Å². The van der Waals surface area contributed by atoms with E-state index in [0.717, 1.165) is 5.46 Å². The van der Waals surface area contributed by atoms with Crippen LogP contribution in [-0.4, -0.2) is 62.1 Å². The van der Waals surface area contributed by atoms with E-state index in [2.05, 4.69) is 395 Å². The van der Waals surface area contributed by atoms with Crippen LogP contribution in [0.2, 0.25) is 15.2 Å². The van der Waals surface area contributed by atoms with Gasteiger partial charge in [0.15, 0.2) is 5.15 Å². The minimum absolute atomic E-state index is 0. The first-order chi connectivity index (χ1) is 66.6. The number of nitrogens with one attached hydrogen (secondary N) is 4. The van der Waals surface area contributed by atoms with Crippen molar-refractivity contribution in [3.63, 3.8) is 0 Å². The predicted octanol–water partition coefficient (Wildman–Crippen LogP) is 23.9. The molecule has 23 heteroatoms. The van der Waals surface area contributed by atoms with Crippen LogP contribution in [0.25, 0.3) is 32.8 Å². The van der Waals surface area contributed by atoms with E-state index >= 15 is 0 Å². The summed E-state index contributed by atoms with van der Waals surface area (Å²) in [4.78, 5) is 46.8. The zero-order chi connectivity index (χ0) is 97.4. The summed E-state index contributed by atoms with van der Waals surface area (Å²) in [5.41, 5.74) is 0.495. The number of hydrogen-bond donors (Lipinski definition) is 4. The van der Waals surface area contributed by atoms with Crippen LogP contribution in [0, 0.1) is 0 Å². The first-order valence-electron chi connectivity index (χ1n) is 45.0. The maximum atomic E-state index is 11.9. The van der Waals surface area contributed by atoms with Gasteiger partial charge in [0.25, 0.3) is 11.1 Å². The van der Waals surface area contributed by atoms with Gasteiger partial charge in [-0.05, 0) is 207 Å². The molecule has 3 heterocycles. The first-order valence-corrected chi connectivity index (χ1v) is 51.5. The van der Waals surface area contributed by atoms with Gasteiger partial charge in [0.1, 0.15) is 16.9 Å². The van der Waals surface area contributed by atoms with Gasteiger partial charge in [0.2, 0.25) is 0 Å². The number of nitrogens with zero attached hydrogens (tertiary/aromatic N) is 2. The Morgan fingerprint density at radius 2 is 0.532 bits per heavy atom. The molecule has 2 aromatic heterocycles. The number of aromatic amines is 2. The largest absolute Gasteiger partial charge is 0.496 e. The smallest absolute Gasteiger partial charge is 0.444 e. The Morgan fingerprint density at radius 1 is 0.309 bits per heavy atom. The number of carbonyl (C=O) groups is 2. The molecular weight excluding hydrogens is 1950 g/mol. The second kappa shape index (κ2) is 51.5. The normalized spacial score (nSPS) is 12.1. The van der Waals surface area contributed by atoms with E-state index in [1.807, 2.05) is 45.9 Å². The Hall–Kier alpha value is -12.4. The third-order valence-electron chi connectivity index (χ3n) is 21.5. The van der Waals surface area contributed by atoms with Gasteiger partial charge in [-0.2, -0.15) is 10.2 Å². The number of carbonyl (C=O) groups excluding carboxylic acids is 2. The van der Waals surface area contributed by atoms with E-state index < -0.39 is 73.4 Å². The maximum absolute atomic E-state index is 11.9. The number of halogens is 3. The van der Waals surface area contributed by atoms with E-state index in [1.165, 1.54) is 63.7 Å². The summed E-state index contributed by atoms with van der Waals surface area (Å²) in [6, 6.07) is 154. The Morgan fingerprint density at radius 3 is 0.777 bits per heavy atom. The van der Waals surface area contributed by atoms with Crippen LogP contribution in [0.1, 0.15) is 69.2 Å². The van der Waals surface area contributed by atoms with Crippen molar-refractivity contribution < 1.29 is 48.8 Å². The molecule has 14 nitrogen and oxygen atoms in total. The van der Waals surface area contributed by atoms with Crippen molar-refractivity contribution >= 4 is 188 Å². The van der Waals surface area contributed by atoms with Crippen LogP contribution in [-0.2, 0) is 39.2 Å². The molecule has 0 saturated carbocycles. The van der Waals surface area contributed by atoms with Crippen LogP contribution >= 0.6 is 66.5 Å². The summed E-state index contributed by atoms with van der Waals surface area (Å²) >= 11 is 18.5. The second-order valence-corrected chi connectivity index (χ2v) is 44.5. The molecule has 0 spiro atoms.